The van der Waals surface area contributed by atoms with Crippen molar-refractivity contribution in [1.82, 2.24) is 19.7 Å². The zero-order chi connectivity index (χ0) is 14.7. The maximum Gasteiger partial charge on any atom is 0.240 e. The van der Waals surface area contributed by atoms with Gasteiger partial charge in [-0.3, -0.25) is 0 Å². The number of aryl methyl sites for hydroxylation is 1. The molecule has 0 amide bonds. The lowest BCUT2D eigenvalue weighted by atomic mass is 10.2. The van der Waals surface area contributed by atoms with E-state index in [4.69, 9.17) is 4.52 Å². The van der Waals surface area contributed by atoms with Crippen LogP contribution in [-0.4, -0.2) is 19.7 Å². The summed E-state index contributed by atoms with van der Waals surface area (Å²) in [4.78, 5) is 8.83. The van der Waals surface area contributed by atoms with Crippen molar-refractivity contribution in [2.24, 2.45) is 0 Å². The quantitative estimate of drug-likeness (QED) is 0.671. The smallest absolute Gasteiger partial charge is 0.240 e. The summed E-state index contributed by atoms with van der Waals surface area (Å²) in [5, 5.41) is 5.07. The molecule has 108 valence electrons. The van der Waals surface area contributed by atoms with E-state index in [1.807, 2.05) is 49.6 Å². The molecule has 0 bridgehead atoms. The van der Waals surface area contributed by atoms with E-state index in [1.165, 1.54) is 0 Å². The molecule has 3 aromatic rings. The molecule has 0 N–H and O–H groups in total. The fraction of sp³-hybridized carbons (Fsp3) is 0.267. The van der Waals surface area contributed by atoms with E-state index in [2.05, 4.69) is 26.6 Å². The minimum absolute atomic E-state index is 0.0580. The second-order valence-electron chi connectivity index (χ2n) is 4.58. The van der Waals surface area contributed by atoms with Crippen LogP contribution in [0.4, 0.5) is 0 Å². The SMILES string of the molecule is CCn1ccnc1SC(C)c1nc(-c2ccccc2)no1. The predicted molar refractivity (Wildman–Crippen MR) is 81.9 cm³/mol. The first-order valence-electron chi connectivity index (χ1n) is 6.84. The van der Waals surface area contributed by atoms with Crippen LogP contribution in [0.5, 0.6) is 0 Å². The van der Waals surface area contributed by atoms with Crippen LogP contribution in [-0.2, 0) is 6.54 Å². The Morgan fingerprint density at radius 3 is 2.86 bits per heavy atom. The number of nitrogens with zero attached hydrogens (tertiary/aromatic N) is 4. The van der Waals surface area contributed by atoms with Crippen molar-refractivity contribution in [3.05, 3.63) is 48.6 Å². The summed E-state index contributed by atoms with van der Waals surface area (Å²) in [5.41, 5.74) is 0.958. The van der Waals surface area contributed by atoms with Gasteiger partial charge in [-0.15, -0.1) is 0 Å². The first kappa shape index (κ1) is 13.9. The molecule has 0 spiro atoms. The Bertz CT molecular complexity index is 707. The van der Waals surface area contributed by atoms with Crippen molar-refractivity contribution in [3.63, 3.8) is 0 Å². The number of benzene rings is 1. The maximum atomic E-state index is 5.38. The van der Waals surface area contributed by atoms with Gasteiger partial charge < -0.3 is 9.09 Å². The highest BCUT2D eigenvalue weighted by molar-refractivity contribution is 7.99. The van der Waals surface area contributed by atoms with E-state index in [-0.39, 0.29) is 5.25 Å². The Hall–Kier alpha value is -2.08. The predicted octanol–water partition coefficient (Wildman–Crippen LogP) is 3.81. The Morgan fingerprint density at radius 1 is 1.29 bits per heavy atom. The van der Waals surface area contributed by atoms with Gasteiger partial charge in [-0.1, -0.05) is 47.3 Å². The second-order valence-corrected chi connectivity index (χ2v) is 5.89. The molecule has 0 saturated carbocycles. The number of aromatic nitrogens is 4. The van der Waals surface area contributed by atoms with Crippen molar-refractivity contribution in [2.45, 2.75) is 30.8 Å². The fourth-order valence-electron chi connectivity index (χ4n) is 1.97. The number of imidazole rings is 1. The molecule has 1 aromatic carbocycles. The van der Waals surface area contributed by atoms with Gasteiger partial charge in [0.25, 0.3) is 0 Å². The van der Waals surface area contributed by atoms with E-state index in [0.29, 0.717) is 11.7 Å². The van der Waals surface area contributed by atoms with Gasteiger partial charge in [-0.05, 0) is 13.8 Å². The average Bonchev–Trinajstić information content (AvgIpc) is 3.17. The van der Waals surface area contributed by atoms with Gasteiger partial charge in [0, 0.05) is 24.5 Å². The summed E-state index contributed by atoms with van der Waals surface area (Å²) >= 11 is 1.62. The number of hydrogen-bond donors (Lipinski definition) is 0. The van der Waals surface area contributed by atoms with Crippen molar-refractivity contribution in [2.75, 3.05) is 0 Å². The highest BCUT2D eigenvalue weighted by atomic mass is 32.2. The molecule has 0 aliphatic carbocycles. The molecule has 3 rings (SSSR count). The van der Waals surface area contributed by atoms with Gasteiger partial charge in [-0.25, -0.2) is 4.98 Å². The Labute approximate surface area is 127 Å². The van der Waals surface area contributed by atoms with Gasteiger partial charge >= 0.3 is 0 Å². The molecule has 5 nitrogen and oxygen atoms in total. The normalized spacial score (nSPS) is 12.5. The number of rotatable bonds is 5. The minimum Gasteiger partial charge on any atom is -0.338 e. The summed E-state index contributed by atoms with van der Waals surface area (Å²) in [7, 11) is 0. The van der Waals surface area contributed by atoms with Gasteiger partial charge in [-0.2, -0.15) is 4.98 Å². The highest BCUT2D eigenvalue weighted by Gasteiger charge is 2.18. The number of thioether (sulfide) groups is 1. The molecule has 21 heavy (non-hydrogen) atoms. The van der Waals surface area contributed by atoms with Crippen LogP contribution in [0.3, 0.4) is 0 Å². The summed E-state index contributed by atoms with van der Waals surface area (Å²) in [6.45, 7) is 5.03. The van der Waals surface area contributed by atoms with Crippen LogP contribution in [0.15, 0.2) is 52.4 Å². The molecule has 0 fully saturated rings. The molecule has 1 atom stereocenters. The van der Waals surface area contributed by atoms with Crippen LogP contribution in [0.2, 0.25) is 0 Å². The van der Waals surface area contributed by atoms with E-state index >= 15 is 0 Å². The third-order valence-electron chi connectivity index (χ3n) is 3.12. The molecule has 0 radical (unpaired) electrons. The van der Waals surface area contributed by atoms with Gasteiger partial charge in [0.1, 0.15) is 0 Å². The van der Waals surface area contributed by atoms with E-state index in [0.717, 1.165) is 17.3 Å². The standard InChI is InChI=1S/C15H16N4OS/c1-3-19-10-9-16-15(19)21-11(2)14-17-13(18-20-14)12-7-5-4-6-8-12/h4-11H,3H2,1-2H3. The summed E-state index contributed by atoms with van der Waals surface area (Å²) in [6.07, 6.45) is 3.78. The maximum absolute atomic E-state index is 5.38. The van der Waals surface area contributed by atoms with E-state index < -0.39 is 0 Å². The van der Waals surface area contributed by atoms with Crippen LogP contribution in [0.25, 0.3) is 11.4 Å². The Kier molecular flexibility index (Phi) is 4.06. The summed E-state index contributed by atoms with van der Waals surface area (Å²) in [5.74, 6) is 1.24. The van der Waals surface area contributed by atoms with E-state index in [1.54, 1.807) is 11.8 Å². The molecule has 0 saturated heterocycles. The molecule has 2 heterocycles. The average molecular weight is 300 g/mol. The fourth-order valence-corrected chi connectivity index (χ4v) is 2.93. The lowest BCUT2D eigenvalue weighted by molar-refractivity contribution is 0.380. The second kappa shape index (κ2) is 6.13. The largest absolute Gasteiger partial charge is 0.338 e. The highest BCUT2D eigenvalue weighted by Crippen LogP contribution is 2.33. The van der Waals surface area contributed by atoms with Crippen LogP contribution in [0.1, 0.15) is 25.0 Å². The van der Waals surface area contributed by atoms with Gasteiger partial charge in [0.05, 0.1) is 5.25 Å². The molecular formula is C15H16N4OS. The summed E-state index contributed by atoms with van der Waals surface area (Å²) in [6, 6.07) is 9.82. The van der Waals surface area contributed by atoms with Crippen molar-refractivity contribution >= 4 is 11.8 Å². The third kappa shape index (κ3) is 3.00. The van der Waals surface area contributed by atoms with Crippen LogP contribution < -0.4 is 0 Å². The Morgan fingerprint density at radius 2 is 2.10 bits per heavy atom. The third-order valence-corrected chi connectivity index (χ3v) is 4.23. The first-order valence-corrected chi connectivity index (χ1v) is 7.72. The molecule has 6 heteroatoms. The molecule has 2 aromatic heterocycles. The van der Waals surface area contributed by atoms with Crippen molar-refractivity contribution in [3.8, 4) is 11.4 Å². The number of hydrogen-bond acceptors (Lipinski definition) is 5. The van der Waals surface area contributed by atoms with Crippen LogP contribution in [0, 0.1) is 0 Å². The summed E-state index contributed by atoms with van der Waals surface area (Å²) < 4.78 is 7.48. The van der Waals surface area contributed by atoms with Crippen molar-refractivity contribution < 1.29 is 4.52 Å². The van der Waals surface area contributed by atoms with Gasteiger partial charge in [0.15, 0.2) is 5.16 Å². The lowest BCUT2D eigenvalue weighted by Gasteiger charge is -2.07. The lowest BCUT2D eigenvalue weighted by Crippen LogP contribution is -1.97. The van der Waals surface area contributed by atoms with Crippen LogP contribution >= 0.6 is 11.8 Å². The van der Waals surface area contributed by atoms with E-state index in [9.17, 15) is 0 Å². The minimum atomic E-state index is 0.0580. The molecular weight excluding hydrogens is 284 g/mol. The molecule has 0 aliphatic rings. The monoisotopic (exact) mass is 300 g/mol. The zero-order valence-electron chi connectivity index (χ0n) is 11.9. The first-order chi connectivity index (χ1) is 10.3. The topological polar surface area (TPSA) is 56.7 Å². The van der Waals surface area contributed by atoms with Crippen molar-refractivity contribution in [1.29, 1.82) is 0 Å². The molecule has 1 unspecified atom stereocenters. The zero-order valence-corrected chi connectivity index (χ0v) is 12.7. The van der Waals surface area contributed by atoms with Gasteiger partial charge in [0.2, 0.25) is 11.7 Å². The molecule has 0 aliphatic heterocycles. The Balaban J connectivity index is 1.77.